The Hall–Kier alpha value is -2.02. The molecule has 0 aromatic heterocycles. The average Bonchev–Trinajstić information content (AvgIpc) is 2.37. The van der Waals surface area contributed by atoms with E-state index in [2.05, 4.69) is 21.2 Å². The molecule has 110 valence electrons. The van der Waals surface area contributed by atoms with Crippen molar-refractivity contribution < 1.29 is 23.1 Å². The Labute approximate surface area is 126 Å². The highest BCUT2D eigenvalue weighted by atomic mass is 79.9. The summed E-state index contributed by atoms with van der Waals surface area (Å²) in [4.78, 5) is 10.9. The third-order valence-corrected chi connectivity index (χ3v) is 3.17. The van der Waals surface area contributed by atoms with Crippen LogP contribution < -0.4 is 5.32 Å². The molecular weight excluding hydrogens is 351 g/mol. The van der Waals surface area contributed by atoms with Crippen LogP contribution in [-0.2, 0) is 6.18 Å². The summed E-state index contributed by atoms with van der Waals surface area (Å²) in [6.07, 6.45) is -4.51. The number of aromatic carboxylic acids is 1. The summed E-state index contributed by atoms with van der Waals surface area (Å²) in [5.74, 6) is -1.15. The molecule has 21 heavy (non-hydrogen) atoms. The van der Waals surface area contributed by atoms with Crippen LogP contribution in [0.4, 0.5) is 24.5 Å². The molecule has 0 aliphatic carbocycles. The first-order valence-corrected chi connectivity index (χ1v) is 6.54. The lowest BCUT2D eigenvalue weighted by atomic mass is 10.1. The van der Waals surface area contributed by atoms with E-state index in [1.807, 2.05) is 0 Å². The van der Waals surface area contributed by atoms with Crippen LogP contribution in [0.1, 0.15) is 15.9 Å². The van der Waals surface area contributed by atoms with Gasteiger partial charge in [-0.3, -0.25) is 0 Å². The van der Waals surface area contributed by atoms with E-state index in [1.165, 1.54) is 36.4 Å². The van der Waals surface area contributed by atoms with Crippen LogP contribution >= 0.6 is 15.9 Å². The van der Waals surface area contributed by atoms with Gasteiger partial charge in [-0.15, -0.1) is 0 Å². The van der Waals surface area contributed by atoms with E-state index in [0.717, 1.165) is 6.07 Å². The monoisotopic (exact) mass is 359 g/mol. The summed E-state index contributed by atoms with van der Waals surface area (Å²) in [5, 5.41) is 11.5. The van der Waals surface area contributed by atoms with E-state index in [9.17, 15) is 18.0 Å². The Morgan fingerprint density at radius 3 is 2.48 bits per heavy atom. The highest BCUT2D eigenvalue weighted by Gasteiger charge is 2.33. The first-order valence-electron chi connectivity index (χ1n) is 5.74. The van der Waals surface area contributed by atoms with Gasteiger partial charge in [0.25, 0.3) is 0 Å². The van der Waals surface area contributed by atoms with E-state index in [1.54, 1.807) is 0 Å². The molecule has 2 aromatic rings. The number of halogens is 4. The van der Waals surface area contributed by atoms with Crippen molar-refractivity contribution in [1.82, 2.24) is 0 Å². The quantitative estimate of drug-likeness (QED) is 0.818. The second-order valence-electron chi connectivity index (χ2n) is 4.20. The molecular formula is C14H9BrF3NO2. The predicted octanol–water partition coefficient (Wildman–Crippen LogP) is 4.91. The number of anilines is 2. The molecule has 0 atom stereocenters. The highest BCUT2D eigenvalue weighted by Crippen LogP contribution is 2.37. The molecule has 2 N–H and O–H groups in total. The van der Waals surface area contributed by atoms with Gasteiger partial charge in [-0.1, -0.05) is 22.0 Å². The minimum Gasteiger partial charge on any atom is -0.478 e. The second kappa shape index (κ2) is 5.77. The maximum atomic E-state index is 12.9. The van der Waals surface area contributed by atoms with Gasteiger partial charge in [0.15, 0.2) is 0 Å². The van der Waals surface area contributed by atoms with Gasteiger partial charge in [0.1, 0.15) is 0 Å². The minimum atomic E-state index is -4.51. The molecule has 0 spiro atoms. The Kier molecular flexibility index (Phi) is 4.22. The predicted molar refractivity (Wildman–Crippen MR) is 75.8 cm³/mol. The van der Waals surface area contributed by atoms with Crippen molar-refractivity contribution in [2.45, 2.75) is 6.18 Å². The fourth-order valence-corrected chi connectivity index (χ4v) is 2.11. The van der Waals surface area contributed by atoms with E-state index in [4.69, 9.17) is 5.11 Å². The number of carbonyl (C=O) groups is 1. The maximum Gasteiger partial charge on any atom is 0.418 e. The highest BCUT2D eigenvalue weighted by molar-refractivity contribution is 9.10. The Bertz CT molecular complexity index is 686. The van der Waals surface area contributed by atoms with Gasteiger partial charge in [0, 0.05) is 10.2 Å². The fraction of sp³-hybridized carbons (Fsp3) is 0.0714. The molecule has 0 aliphatic heterocycles. The molecule has 0 amide bonds. The number of nitrogens with one attached hydrogen (secondary N) is 1. The molecule has 0 aliphatic rings. The number of benzene rings is 2. The zero-order valence-corrected chi connectivity index (χ0v) is 12.0. The van der Waals surface area contributed by atoms with Gasteiger partial charge in [0.2, 0.25) is 0 Å². The third-order valence-electron chi connectivity index (χ3n) is 2.68. The van der Waals surface area contributed by atoms with Crippen LogP contribution in [0.5, 0.6) is 0 Å². The number of carboxylic acids is 1. The standard InChI is InChI=1S/C14H9BrF3NO2/c15-9-4-5-11(14(16,17)18)12(7-9)19-10-3-1-2-8(6-10)13(20)21/h1-7,19H,(H,20,21). The lowest BCUT2D eigenvalue weighted by Gasteiger charge is -2.15. The Balaban J connectivity index is 2.41. The zero-order chi connectivity index (χ0) is 15.6. The largest absolute Gasteiger partial charge is 0.478 e. The second-order valence-corrected chi connectivity index (χ2v) is 5.11. The van der Waals surface area contributed by atoms with Gasteiger partial charge < -0.3 is 10.4 Å². The summed E-state index contributed by atoms with van der Waals surface area (Å²) >= 11 is 3.11. The third kappa shape index (κ3) is 3.75. The van der Waals surface area contributed by atoms with Crippen LogP contribution in [0.25, 0.3) is 0 Å². The lowest BCUT2D eigenvalue weighted by Crippen LogP contribution is -2.09. The molecule has 0 saturated heterocycles. The zero-order valence-electron chi connectivity index (χ0n) is 10.4. The first kappa shape index (κ1) is 15.4. The average molecular weight is 360 g/mol. The Morgan fingerprint density at radius 1 is 1.14 bits per heavy atom. The number of carboxylic acid groups (broad SMARTS) is 1. The van der Waals surface area contributed by atoms with E-state index in [0.29, 0.717) is 4.47 Å². The van der Waals surface area contributed by atoms with Gasteiger partial charge in [-0.2, -0.15) is 13.2 Å². The SMILES string of the molecule is O=C(O)c1cccc(Nc2cc(Br)ccc2C(F)(F)F)c1. The first-order chi connectivity index (χ1) is 9.77. The van der Waals surface area contributed by atoms with Crippen molar-refractivity contribution in [3.63, 3.8) is 0 Å². The molecule has 0 fully saturated rings. The van der Waals surface area contributed by atoms with Crippen LogP contribution in [0.2, 0.25) is 0 Å². The molecule has 0 heterocycles. The summed E-state index contributed by atoms with van der Waals surface area (Å²) in [6, 6.07) is 9.11. The van der Waals surface area contributed by atoms with Crippen LogP contribution in [-0.4, -0.2) is 11.1 Å². The van der Waals surface area contributed by atoms with E-state index < -0.39 is 17.7 Å². The summed E-state index contributed by atoms with van der Waals surface area (Å²) in [7, 11) is 0. The molecule has 3 nitrogen and oxygen atoms in total. The molecule has 0 radical (unpaired) electrons. The Morgan fingerprint density at radius 2 is 1.86 bits per heavy atom. The normalized spacial score (nSPS) is 11.2. The van der Waals surface area contributed by atoms with Crippen molar-refractivity contribution in [2.75, 3.05) is 5.32 Å². The minimum absolute atomic E-state index is 0.0106. The van der Waals surface area contributed by atoms with Crippen LogP contribution in [0, 0.1) is 0 Å². The summed E-state index contributed by atoms with van der Waals surface area (Å²) in [5.41, 5.74) is -0.729. The van der Waals surface area contributed by atoms with Gasteiger partial charge >= 0.3 is 12.1 Å². The van der Waals surface area contributed by atoms with E-state index >= 15 is 0 Å². The molecule has 2 aromatic carbocycles. The number of alkyl halides is 3. The molecule has 2 rings (SSSR count). The van der Waals surface area contributed by atoms with Crippen molar-refractivity contribution in [3.05, 3.63) is 58.1 Å². The summed E-state index contributed by atoms with van der Waals surface area (Å²) < 4.78 is 39.3. The van der Waals surface area contributed by atoms with Crippen LogP contribution in [0.3, 0.4) is 0 Å². The van der Waals surface area contributed by atoms with Crippen molar-refractivity contribution >= 4 is 33.3 Å². The number of hydrogen-bond acceptors (Lipinski definition) is 2. The molecule has 0 saturated carbocycles. The van der Waals surface area contributed by atoms with Crippen LogP contribution in [0.15, 0.2) is 46.9 Å². The van der Waals surface area contributed by atoms with Crippen molar-refractivity contribution in [3.8, 4) is 0 Å². The van der Waals surface area contributed by atoms with E-state index in [-0.39, 0.29) is 16.9 Å². The smallest absolute Gasteiger partial charge is 0.418 e. The van der Waals surface area contributed by atoms with Crippen molar-refractivity contribution in [2.24, 2.45) is 0 Å². The number of rotatable bonds is 3. The lowest BCUT2D eigenvalue weighted by molar-refractivity contribution is -0.136. The van der Waals surface area contributed by atoms with Gasteiger partial charge in [-0.25, -0.2) is 4.79 Å². The number of hydrogen-bond donors (Lipinski definition) is 2. The molecule has 0 unspecified atom stereocenters. The van der Waals surface area contributed by atoms with Gasteiger partial charge in [0.05, 0.1) is 16.8 Å². The fourth-order valence-electron chi connectivity index (χ4n) is 1.75. The van der Waals surface area contributed by atoms with Crippen molar-refractivity contribution in [1.29, 1.82) is 0 Å². The molecule has 7 heteroatoms. The topological polar surface area (TPSA) is 49.3 Å². The summed E-state index contributed by atoms with van der Waals surface area (Å²) in [6.45, 7) is 0. The van der Waals surface area contributed by atoms with Gasteiger partial charge in [-0.05, 0) is 36.4 Å². The maximum absolute atomic E-state index is 12.9. The molecule has 0 bridgehead atoms.